The fraction of sp³-hybridized carbons (Fsp3) is 0.412. The van der Waals surface area contributed by atoms with E-state index in [2.05, 4.69) is 21.3 Å². The molecule has 0 spiro atoms. The number of hydrogen-bond acceptors (Lipinski definition) is 7. The Bertz CT molecular complexity index is 911. The molecule has 1 aliphatic heterocycles. The third-order valence-electron chi connectivity index (χ3n) is 4.34. The maximum Gasteiger partial charge on any atom is 0.213 e. The van der Waals surface area contributed by atoms with E-state index in [0.717, 1.165) is 5.56 Å². The van der Waals surface area contributed by atoms with Crippen LogP contribution in [0.4, 0.5) is 0 Å². The number of hydrogen-bond donors (Lipinski definition) is 2. The summed E-state index contributed by atoms with van der Waals surface area (Å²) in [6.45, 7) is 1.01. The maximum absolute atomic E-state index is 12.3. The highest BCUT2D eigenvalue weighted by Crippen LogP contribution is 2.26. The van der Waals surface area contributed by atoms with E-state index in [1.807, 2.05) is 24.3 Å². The first-order valence-corrected chi connectivity index (χ1v) is 9.80. The first-order chi connectivity index (χ1) is 12.5. The van der Waals surface area contributed by atoms with E-state index in [0.29, 0.717) is 36.7 Å². The predicted molar refractivity (Wildman–Crippen MR) is 94.7 cm³/mol. The van der Waals surface area contributed by atoms with Gasteiger partial charge in [-0.15, -0.1) is 0 Å². The first kappa shape index (κ1) is 18.4. The molecule has 1 atom stereocenters. The molecule has 8 nitrogen and oxygen atoms in total. The molecule has 138 valence electrons. The quantitative estimate of drug-likeness (QED) is 0.747. The van der Waals surface area contributed by atoms with E-state index in [4.69, 9.17) is 9.26 Å². The van der Waals surface area contributed by atoms with Gasteiger partial charge in [0.1, 0.15) is 11.4 Å². The predicted octanol–water partition coefficient (Wildman–Crippen LogP) is 1.27. The Morgan fingerprint density at radius 3 is 3.00 bits per heavy atom. The summed E-state index contributed by atoms with van der Waals surface area (Å²) >= 11 is 0. The molecule has 9 heteroatoms. The Labute approximate surface area is 152 Å². The van der Waals surface area contributed by atoms with Crippen LogP contribution in [-0.2, 0) is 16.6 Å². The fourth-order valence-corrected chi connectivity index (χ4v) is 4.41. The second-order valence-electron chi connectivity index (χ2n) is 6.31. The molecule has 2 heterocycles. The van der Waals surface area contributed by atoms with Gasteiger partial charge in [-0.25, -0.2) is 13.1 Å². The summed E-state index contributed by atoms with van der Waals surface area (Å²) < 4.78 is 37.5. The average molecular weight is 376 g/mol. The van der Waals surface area contributed by atoms with Crippen molar-refractivity contribution < 1.29 is 17.7 Å². The normalized spacial score (nSPS) is 20.0. The minimum Gasteiger partial charge on any atom is -0.497 e. The van der Waals surface area contributed by atoms with Gasteiger partial charge in [0.05, 0.1) is 30.9 Å². The zero-order valence-corrected chi connectivity index (χ0v) is 15.2. The third kappa shape index (κ3) is 4.22. The fourth-order valence-electron chi connectivity index (χ4n) is 2.91. The van der Waals surface area contributed by atoms with Gasteiger partial charge in [0.15, 0.2) is 5.76 Å². The molecule has 1 saturated heterocycles. The molecule has 1 unspecified atom stereocenters. The number of aromatic nitrogens is 1. The van der Waals surface area contributed by atoms with Crippen LogP contribution in [-0.4, -0.2) is 39.5 Å². The molecule has 0 amide bonds. The van der Waals surface area contributed by atoms with Gasteiger partial charge in [0, 0.05) is 18.2 Å². The van der Waals surface area contributed by atoms with Crippen LogP contribution in [0.25, 0.3) is 11.3 Å². The van der Waals surface area contributed by atoms with Crippen LogP contribution >= 0.6 is 0 Å². The van der Waals surface area contributed by atoms with Crippen LogP contribution in [0.5, 0.6) is 5.75 Å². The van der Waals surface area contributed by atoms with Crippen LogP contribution in [0.3, 0.4) is 0 Å². The van der Waals surface area contributed by atoms with E-state index in [1.54, 1.807) is 13.2 Å². The topological polar surface area (TPSA) is 117 Å². The van der Waals surface area contributed by atoms with E-state index in [-0.39, 0.29) is 12.3 Å². The lowest BCUT2D eigenvalue weighted by Gasteiger charge is -2.18. The minimum atomic E-state index is -3.62. The molecule has 1 aromatic carbocycles. The monoisotopic (exact) mass is 376 g/mol. The molecule has 26 heavy (non-hydrogen) atoms. The summed E-state index contributed by atoms with van der Waals surface area (Å²) in [5.41, 5.74) is 0.521. The number of ether oxygens (including phenoxy) is 1. The highest BCUT2D eigenvalue weighted by Gasteiger charge is 2.38. The zero-order valence-electron chi connectivity index (χ0n) is 14.4. The van der Waals surface area contributed by atoms with Crippen LogP contribution in [0.2, 0.25) is 0 Å². The molecule has 2 N–H and O–H groups in total. The highest BCUT2D eigenvalue weighted by atomic mass is 32.2. The van der Waals surface area contributed by atoms with Crippen molar-refractivity contribution in [2.75, 3.05) is 26.0 Å². The summed E-state index contributed by atoms with van der Waals surface area (Å²) in [6, 6.07) is 11.1. The van der Waals surface area contributed by atoms with Gasteiger partial charge in [-0.1, -0.05) is 17.3 Å². The number of rotatable bonds is 7. The smallest absolute Gasteiger partial charge is 0.213 e. The maximum atomic E-state index is 12.3. The molecule has 3 rings (SSSR count). The first-order valence-electron chi connectivity index (χ1n) is 8.15. The van der Waals surface area contributed by atoms with Crippen molar-refractivity contribution in [3.63, 3.8) is 0 Å². The van der Waals surface area contributed by atoms with Crippen LogP contribution in [0.15, 0.2) is 34.9 Å². The minimum absolute atomic E-state index is 0.0196. The van der Waals surface area contributed by atoms with Crippen molar-refractivity contribution in [2.24, 2.45) is 5.41 Å². The van der Waals surface area contributed by atoms with Crippen molar-refractivity contribution in [1.82, 2.24) is 15.2 Å². The van der Waals surface area contributed by atoms with Gasteiger partial charge in [-0.3, -0.25) is 0 Å². The van der Waals surface area contributed by atoms with Gasteiger partial charge in [0.2, 0.25) is 10.0 Å². The summed E-state index contributed by atoms with van der Waals surface area (Å²) in [7, 11) is -2.04. The number of nitriles is 1. The number of nitrogens with zero attached hydrogens (tertiary/aromatic N) is 2. The average Bonchev–Trinajstić information content (AvgIpc) is 3.30. The van der Waals surface area contributed by atoms with Crippen molar-refractivity contribution >= 4 is 10.0 Å². The Morgan fingerprint density at radius 1 is 1.46 bits per heavy atom. The van der Waals surface area contributed by atoms with Gasteiger partial charge in [-0.2, -0.15) is 5.26 Å². The van der Waals surface area contributed by atoms with Crippen molar-refractivity contribution in [2.45, 2.75) is 13.0 Å². The molecule has 0 aliphatic carbocycles. The molecule has 2 aromatic rings. The van der Waals surface area contributed by atoms with E-state index in [1.165, 1.54) is 0 Å². The number of sulfonamides is 1. The van der Waals surface area contributed by atoms with E-state index in [9.17, 15) is 13.7 Å². The summed E-state index contributed by atoms with van der Waals surface area (Å²) in [5, 5.41) is 16.3. The summed E-state index contributed by atoms with van der Waals surface area (Å²) in [5.74, 6) is 0.849. The molecule has 1 aliphatic rings. The standard InChI is InChI=1S/C17H20N4O4S/c1-24-14-4-2-3-13(7-14)16-8-15(25-21-16)9-20-26(22,23)12-17(10-18)5-6-19-11-17/h2-4,7-8,19-20H,5-6,9,11-12H2,1H3. The second-order valence-corrected chi connectivity index (χ2v) is 8.12. The van der Waals surface area contributed by atoms with Crippen molar-refractivity contribution in [3.05, 3.63) is 36.1 Å². The molecular formula is C17H20N4O4S. The third-order valence-corrected chi connectivity index (χ3v) is 5.85. The molecule has 1 aromatic heterocycles. The molecular weight excluding hydrogens is 356 g/mol. The van der Waals surface area contributed by atoms with Gasteiger partial charge < -0.3 is 14.6 Å². The van der Waals surface area contributed by atoms with Crippen LogP contribution < -0.4 is 14.8 Å². The van der Waals surface area contributed by atoms with E-state index >= 15 is 0 Å². The number of methoxy groups -OCH3 is 1. The molecule has 0 saturated carbocycles. The Balaban J connectivity index is 1.65. The lowest BCUT2D eigenvalue weighted by Crippen LogP contribution is -2.37. The van der Waals surface area contributed by atoms with Crippen LogP contribution in [0.1, 0.15) is 12.2 Å². The van der Waals surface area contributed by atoms with Crippen molar-refractivity contribution in [1.29, 1.82) is 5.26 Å². The SMILES string of the molecule is COc1cccc(-c2cc(CNS(=O)(=O)CC3(C#N)CCNC3)on2)c1. The number of benzene rings is 1. The number of nitrogens with one attached hydrogen (secondary N) is 2. The summed E-state index contributed by atoms with van der Waals surface area (Å²) in [4.78, 5) is 0. The molecule has 0 radical (unpaired) electrons. The Kier molecular flexibility index (Phi) is 5.27. The van der Waals surface area contributed by atoms with Crippen molar-refractivity contribution in [3.8, 4) is 23.1 Å². The van der Waals surface area contributed by atoms with Crippen LogP contribution in [0, 0.1) is 16.7 Å². The zero-order chi connectivity index (χ0) is 18.6. The van der Waals surface area contributed by atoms with Gasteiger partial charge >= 0.3 is 0 Å². The molecule has 0 bridgehead atoms. The Morgan fingerprint density at radius 2 is 2.31 bits per heavy atom. The van der Waals surface area contributed by atoms with Gasteiger partial charge in [-0.05, 0) is 25.1 Å². The molecule has 1 fully saturated rings. The lowest BCUT2D eigenvalue weighted by molar-refractivity contribution is 0.381. The summed E-state index contributed by atoms with van der Waals surface area (Å²) in [6.07, 6.45) is 0.521. The lowest BCUT2D eigenvalue weighted by atomic mass is 9.92. The second kappa shape index (κ2) is 7.45. The Hall–Kier alpha value is -2.41. The highest BCUT2D eigenvalue weighted by molar-refractivity contribution is 7.89. The largest absolute Gasteiger partial charge is 0.497 e. The van der Waals surface area contributed by atoms with E-state index < -0.39 is 15.4 Å². The van der Waals surface area contributed by atoms with Gasteiger partial charge in [0.25, 0.3) is 0 Å².